The molecule has 0 amide bonds. The third-order valence-corrected chi connectivity index (χ3v) is 9.42. The van der Waals surface area contributed by atoms with Crippen LogP contribution in [0.15, 0.2) is 48.6 Å². The molecule has 0 rings (SSSR count). The second-order valence-electron chi connectivity index (χ2n) is 13.6. The van der Waals surface area contributed by atoms with E-state index in [2.05, 4.69) is 67.0 Å². The molecule has 308 valence electrons. The average molecular weight is 771 g/mol. The molecule has 0 saturated carbocycles. The van der Waals surface area contributed by atoms with E-state index in [1.165, 1.54) is 38.5 Å². The second kappa shape index (κ2) is 38.2. The quantitative estimate of drug-likeness (QED) is 0.0240. The Morgan fingerprint density at radius 1 is 0.585 bits per heavy atom. The molecule has 0 aliphatic rings. The van der Waals surface area contributed by atoms with Crippen LogP contribution in [-0.2, 0) is 32.7 Å². The second-order valence-corrected chi connectivity index (χ2v) is 15.1. The molecule has 0 aliphatic carbocycles. The maximum Gasteiger partial charge on any atom is 0.472 e. The summed E-state index contributed by atoms with van der Waals surface area (Å²) in [5.41, 5.74) is 0. The van der Waals surface area contributed by atoms with Gasteiger partial charge in [-0.05, 0) is 70.6 Å². The molecule has 0 aromatic rings. The molecular weight excluding hydrogens is 695 g/mol. The lowest BCUT2D eigenvalue weighted by Crippen LogP contribution is -2.29. The summed E-state index contributed by atoms with van der Waals surface area (Å²) in [4.78, 5) is 34.9. The van der Waals surface area contributed by atoms with Crippen molar-refractivity contribution in [1.29, 1.82) is 0 Å². The van der Waals surface area contributed by atoms with E-state index in [-0.39, 0.29) is 19.4 Å². The Hall–Kier alpha value is -2.07. The van der Waals surface area contributed by atoms with Gasteiger partial charge in [0.1, 0.15) is 12.7 Å². The molecule has 0 bridgehead atoms. The van der Waals surface area contributed by atoms with Crippen LogP contribution >= 0.6 is 7.82 Å². The van der Waals surface area contributed by atoms with Gasteiger partial charge in [-0.15, -0.1) is 0 Å². The third kappa shape index (κ3) is 38.0. The fourth-order valence-electron chi connectivity index (χ4n) is 5.30. The predicted octanol–water partition coefficient (Wildman–Crippen LogP) is 10.6. The van der Waals surface area contributed by atoms with Gasteiger partial charge in [-0.2, -0.15) is 0 Å². The number of hydrogen-bond acceptors (Lipinski definition) is 9. The molecule has 53 heavy (non-hydrogen) atoms. The molecule has 0 saturated heterocycles. The van der Waals surface area contributed by atoms with Gasteiger partial charge in [0.25, 0.3) is 0 Å². The van der Waals surface area contributed by atoms with Crippen LogP contribution in [0.2, 0.25) is 0 Å². The number of phosphoric acid groups is 1. The monoisotopic (exact) mass is 771 g/mol. The van der Waals surface area contributed by atoms with Crippen molar-refractivity contribution < 1.29 is 47.8 Å². The van der Waals surface area contributed by atoms with Gasteiger partial charge >= 0.3 is 19.8 Å². The molecule has 11 heteroatoms. The molecule has 0 radical (unpaired) electrons. The van der Waals surface area contributed by atoms with Crippen molar-refractivity contribution in [3.05, 3.63) is 48.6 Å². The van der Waals surface area contributed by atoms with Crippen LogP contribution in [0.3, 0.4) is 0 Å². The van der Waals surface area contributed by atoms with Gasteiger partial charge < -0.3 is 24.6 Å². The minimum Gasteiger partial charge on any atom is -0.462 e. The minimum atomic E-state index is -4.62. The van der Waals surface area contributed by atoms with Gasteiger partial charge in [-0.1, -0.05) is 133 Å². The van der Waals surface area contributed by atoms with E-state index in [9.17, 15) is 24.2 Å². The van der Waals surface area contributed by atoms with Crippen molar-refractivity contribution in [2.24, 2.45) is 0 Å². The largest absolute Gasteiger partial charge is 0.472 e. The molecule has 0 fully saturated rings. The number of carbonyl (C=O) groups is 2. The molecule has 0 aromatic carbocycles. The highest BCUT2D eigenvalue weighted by Gasteiger charge is 2.27. The summed E-state index contributed by atoms with van der Waals surface area (Å²) in [6.45, 7) is 2.22. The zero-order valence-electron chi connectivity index (χ0n) is 33.2. The van der Waals surface area contributed by atoms with Gasteiger partial charge in [0.05, 0.1) is 19.8 Å². The lowest BCUT2D eigenvalue weighted by atomic mass is 10.1. The van der Waals surface area contributed by atoms with Gasteiger partial charge in [0.15, 0.2) is 6.10 Å². The van der Waals surface area contributed by atoms with Crippen LogP contribution in [0.1, 0.15) is 168 Å². The molecule has 0 spiro atoms. The summed E-state index contributed by atoms with van der Waals surface area (Å²) in [6, 6.07) is 0. The zero-order chi connectivity index (χ0) is 39.1. The van der Waals surface area contributed by atoms with Crippen LogP contribution in [0, 0.1) is 0 Å². The first kappa shape index (κ1) is 50.9. The van der Waals surface area contributed by atoms with Crippen molar-refractivity contribution >= 4 is 19.8 Å². The Morgan fingerprint density at radius 3 is 1.58 bits per heavy atom. The van der Waals surface area contributed by atoms with Crippen molar-refractivity contribution in [2.45, 2.75) is 180 Å². The molecule has 0 aliphatic heterocycles. The predicted molar refractivity (Wildman–Crippen MR) is 214 cm³/mol. The molecule has 3 N–H and O–H groups in total. The summed E-state index contributed by atoms with van der Waals surface area (Å²) in [7, 11) is -4.62. The van der Waals surface area contributed by atoms with E-state index in [0.717, 1.165) is 89.9 Å². The highest BCUT2D eigenvalue weighted by Crippen LogP contribution is 2.43. The lowest BCUT2D eigenvalue weighted by Gasteiger charge is -2.20. The van der Waals surface area contributed by atoms with Gasteiger partial charge in [0.2, 0.25) is 0 Å². The van der Waals surface area contributed by atoms with Crippen LogP contribution in [0.5, 0.6) is 0 Å². The van der Waals surface area contributed by atoms with Gasteiger partial charge in [-0.3, -0.25) is 18.6 Å². The fraction of sp³-hybridized carbons (Fsp3) is 0.762. The highest BCUT2D eigenvalue weighted by molar-refractivity contribution is 7.47. The van der Waals surface area contributed by atoms with E-state index in [1.807, 2.05) is 0 Å². The summed E-state index contributed by atoms with van der Waals surface area (Å²) < 4.78 is 32.6. The minimum absolute atomic E-state index is 0.169. The first-order valence-electron chi connectivity index (χ1n) is 20.6. The van der Waals surface area contributed by atoms with Crippen LogP contribution in [0.4, 0.5) is 0 Å². The Balaban J connectivity index is 4.37. The van der Waals surface area contributed by atoms with Crippen molar-refractivity contribution in [2.75, 3.05) is 26.4 Å². The normalized spacial score (nSPS) is 14.4. The van der Waals surface area contributed by atoms with E-state index in [0.29, 0.717) is 12.8 Å². The zero-order valence-corrected chi connectivity index (χ0v) is 34.1. The SMILES string of the molecule is CC/C=C/C/C=C/C/C=C/CCCCCCCC(=O)OC[C@H](COP(=O)(O)OC[C@@H](O)CO)OC(=O)CCCCCCC/C=C/CCCCCCCC. The van der Waals surface area contributed by atoms with E-state index in [1.54, 1.807) is 0 Å². The summed E-state index contributed by atoms with van der Waals surface area (Å²) in [6.07, 6.45) is 39.3. The Morgan fingerprint density at radius 2 is 1.04 bits per heavy atom. The van der Waals surface area contributed by atoms with Crippen LogP contribution in [0.25, 0.3) is 0 Å². The van der Waals surface area contributed by atoms with Gasteiger partial charge in [-0.25, -0.2) is 4.57 Å². The maximum absolute atomic E-state index is 12.6. The summed E-state index contributed by atoms with van der Waals surface area (Å²) in [5, 5.41) is 18.3. The fourth-order valence-corrected chi connectivity index (χ4v) is 6.08. The molecule has 1 unspecified atom stereocenters. The summed E-state index contributed by atoms with van der Waals surface area (Å²) >= 11 is 0. The standard InChI is InChI=1S/C42H75O10P/c1-3-5-7-9-11-13-15-17-19-21-23-25-27-29-31-33-41(45)49-37-40(38-51-53(47,48)50-36-39(44)35-43)52-42(46)34-32-30-28-26-24-22-20-18-16-14-12-10-8-6-4-2/h5,7,11,13,17-20,39-40,43-44H,3-4,6,8-10,12,14-16,21-38H2,1-2H3,(H,47,48)/b7-5+,13-11+,19-17+,20-18+/t39-,40+/m0/s1. The van der Waals surface area contributed by atoms with Crippen molar-refractivity contribution in [1.82, 2.24) is 0 Å². The molecular formula is C42H75O10P. The molecule has 0 heterocycles. The maximum atomic E-state index is 12.6. The molecule has 10 nitrogen and oxygen atoms in total. The third-order valence-electron chi connectivity index (χ3n) is 8.47. The number of aliphatic hydroxyl groups is 2. The van der Waals surface area contributed by atoms with E-state index in [4.69, 9.17) is 19.1 Å². The first-order valence-corrected chi connectivity index (χ1v) is 22.1. The number of phosphoric ester groups is 1. The number of unbranched alkanes of at least 4 members (excludes halogenated alkanes) is 16. The van der Waals surface area contributed by atoms with Crippen LogP contribution < -0.4 is 0 Å². The van der Waals surface area contributed by atoms with E-state index >= 15 is 0 Å². The first-order chi connectivity index (χ1) is 25.7. The smallest absolute Gasteiger partial charge is 0.462 e. The Bertz CT molecular complexity index is 1030. The van der Waals surface area contributed by atoms with Gasteiger partial charge in [0, 0.05) is 12.8 Å². The van der Waals surface area contributed by atoms with Crippen molar-refractivity contribution in [3.8, 4) is 0 Å². The number of carbonyl (C=O) groups excluding carboxylic acids is 2. The topological polar surface area (TPSA) is 149 Å². The molecule has 3 atom stereocenters. The number of ether oxygens (including phenoxy) is 2. The Labute approximate surface area is 322 Å². The average Bonchev–Trinajstić information content (AvgIpc) is 3.14. The van der Waals surface area contributed by atoms with Crippen LogP contribution in [-0.4, -0.2) is 65.7 Å². The number of hydrogen-bond donors (Lipinski definition) is 3. The number of aliphatic hydroxyl groups excluding tert-OH is 2. The number of esters is 2. The highest BCUT2D eigenvalue weighted by atomic mass is 31.2. The number of rotatable bonds is 38. The van der Waals surface area contributed by atoms with E-state index < -0.39 is 51.8 Å². The Kier molecular flexibility index (Phi) is 36.7. The lowest BCUT2D eigenvalue weighted by molar-refractivity contribution is -0.161. The van der Waals surface area contributed by atoms with Crippen molar-refractivity contribution in [3.63, 3.8) is 0 Å². The number of allylic oxidation sites excluding steroid dienone is 8. The summed E-state index contributed by atoms with van der Waals surface area (Å²) in [5.74, 6) is -0.957. The molecule has 0 aromatic heterocycles.